The van der Waals surface area contributed by atoms with Crippen LogP contribution in [0.4, 0.5) is 4.39 Å². The highest BCUT2D eigenvalue weighted by molar-refractivity contribution is 7.10. The van der Waals surface area contributed by atoms with Gasteiger partial charge in [0.1, 0.15) is 11.6 Å². The second kappa shape index (κ2) is 6.80. The van der Waals surface area contributed by atoms with Gasteiger partial charge in [-0.15, -0.1) is 11.3 Å². The molecule has 4 nitrogen and oxygen atoms in total. The summed E-state index contributed by atoms with van der Waals surface area (Å²) in [4.78, 5) is 27.5. The summed E-state index contributed by atoms with van der Waals surface area (Å²) in [5, 5.41) is 12.6. The summed E-state index contributed by atoms with van der Waals surface area (Å²) in [6.07, 6.45) is 0.699. The summed E-state index contributed by atoms with van der Waals surface area (Å²) in [5.41, 5.74) is 1.34. The molecule has 2 heterocycles. The molecular weight excluding hydrogens is 341 g/mol. The van der Waals surface area contributed by atoms with Crippen molar-refractivity contribution in [1.29, 1.82) is 0 Å². The van der Waals surface area contributed by atoms with Crippen LogP contribution in [0.15, 0.2) is 41.3 Å². The van der Waals surface area contributed by atoms with E-state index < -0.39 is 23.5 Å². The molecule has 25 heavy (non-hydrogen) atoms. The topological polar surface area (TPSA) is 57.6 Å². The van der Waals surface area contributed by atoms with Crippen LogP contribution in [0.5, 0.6) is 0 Å². The van der Waals surface area contributed by atoms with Gasteiger partial charge in [0.05, 0.1) is 11.6 Å². The Kier molecular flexibility index (Phi) is 4.72. The highest BCUT2D eigenvalue weighted by atomic mass is 32.1. The zero-order valence-electron chi connectivity index (χ0n) is 14.0. The minimum absolute atomic E-state index is 0.0654. The van der Waals surface area contributed by atoms with Crippen LogP contribution in [0.3, 0.4) is 0 Å². The average Bonchev–Trinajstić information content (AvgIpc) is 3.11. The molecule has 1 fully saturated rings. The summed E-state index contributed by atoms with van der Waals surface area (Å²) >= 11 is 1.45. The Hall–Kier alpha value is -2.47. The third-order valence-corrected chi connectivity index (χ3v) is 5.34. The monoisotopic (exact) mass is 359 g/mol. The van der Waals surface area contributed by atoms with Crippen molar-refractivity contribution in [2.45, 2.75) is 26.3 Å². The number of carbonyl (C=O) groups is 2. The lowest BCUT2D eigenvalue weighted by molar-refractivity contribution is -0.139. The predicted octanol–water partition coefficient (Wildman–Crippen LogP) is 4.03. The number of aliphatic hydroxyl groups is 1. The van der Waals surface area contributed by atoms with Crippen molar-refractivity contribution in [2.75, 3.05) is 6.54 Å². The molecule has 130 valence electrons. The molecule has 1 saturated heterocycles. The molecule has 0 bridgehead atoms. The fourth-order valence-corrected chi connectivity index (χ4v) is 4.10. The van der Waals surface area contributed by atoms with Gasteiger partial charge in [-0.05, 0) is 54.6 Å². The maximum atomic E-state index is 13.2. The van der Waals surface area contributed by atoms with Crippen LogP contribution >= 0.6 is 11.3 Å². The molecule has 1 aromatic carbocycles. The van der Waals surface area contributed by atoms with E-state index in [0.717, 1.165) is 10.4 Å². The molecule has 1 unspecified atom stereocenters. The van der Waals surface area contributed by atoms with E-state index in [4.69, 9.17) is 0 Å². The fraction of sp³-hybridized carbons (Fsp3) is 0.263. The van der Waals surface area contributed by atoms with E-state index in [1.54, 1.807) is 0 Å². The molecule has 0 aliphatic carbocycles. The van der Waals surface area contributed by atoms with E-state index in [1.807, 2.05) is 25.3 Å². The number of hydrogen-bond acceptors (Lipinski definition) is 4. The molecule has 1 N–H and O–H groups in total. The number of carbonyl (C=O) groups excluding carboxylic acids is 2. The van der Waals surface area contributed by atoms with Crippen LogP contribution in [0.1, 0.15) is 35.4 Å². The smallest absolute Gasteiger partial charge is 0.295 e. The number of aryl methyl sites for hydroxylation is 1. The Morgan fingerprint density at radius 3 is 2.48 bits per heavy atom. The van der Waals surface area contributed by atoms with E-state index in [0.29, 0.717) is 18.5 Å². The van der Waals surface area contributed by atoms with Gasteiger partial charge in [-0.2, -0.15) is 0 Å². The summed E-state index contributed by atoms with van der Waals surface area (Å²) in [6.45, 7) is 4.26. The van der Waals surface area contributed by atoms with Gasteiger partial charge >= 0.3 is 0 Å². The Balaban J connectivity index is 2.19. The molecular formula is C19H18FNO3S. The minimum atomic E-state index is -0.701. The van der Waals surface area contributed by atoms with Gasteiger partial charge in [-0.3, -0.25) is 9.59 Å². The number of nitrogens with zero attached hydrogens (tertiary/aromatic N) is 1. The highest BCUT2D eigenvalue weighted by Gasteiger charge is 2.46. The maximum Gasteiger partial charge on any atom is 0.295 e. The minimum Gasteiger partial charge on any atom is -0.507 e. The zero-order valence-corrected chi connectivity index (χ0v) is 14.8. The van der Waals surface area contributed by atoms with Gasteiger partial charge in [0.25, 0.3) is 11.7 Å². The number of aliphatic hydroxyl groups excluding tert-OH is 1. The van der Waals surface area contributed by atoms with Crippen LogP contribution in [-0.4, -0.2) is 28.2 Å². The Morgan fingerprint density at radius 2 is 1.92 bits per heavy atom. The molecule has 3 rings (SSSR count). The Morgan fingerprint density at radius 1 is 1.24 bits per heavy atom. The zero-order chi connectivity index (χ0) is 18.1. The Bertz CT molecular complexity index is 854. The molecule has 0 spiro atoms. The number of rotatable bonds is 4. The summed E-state index contributed by atoms with van der Waals surface area (Å²) < 4.78 is 13.2. The van der Waals surface area contributed by atoms with Gasteiger partial charge in [0.15, 0.2) is 0 Å². The quantitative estimate of drug-likeness (QED) is 0.509. The van der Waals surface area contributed by atoms with Crippen LogP contribution in [0.2, 0.25) is 0 Å². The van der Waals surface area contributed by atoms with Crippen LogP contribution < -0.4 is 0 Å². The molecule has 2 aromatic rings. The number of hydrogen-bond donors (Lipinski definition) is 1. The molecule has 0 saturated carbocycles. The first-order valence-electron chi connectivity index (χ1n) is 8.04. The van der Waals surface area contributed by atoms with E-state index in [-0.39, 0.29) is 11.3 Å². The van der Waals surface area contributed by atoms with Crippen molar-refractivity contribution in [3.05, 3.63) is 63.1 Å². The normalized spacial score (nSPS) is 19.6. The van der Waals surface area contributed by atoms with Crippen molar-refractivity contribution in [1.82, 2.24) is 4.90 Å². The maximum absolute atomic E-state index is 13.2. The molecule has 1 aliphatic rings. The lowest BCUT2D eigenvalue weighted by Crippen LogP contribution is -2.30. The highest BCUT2D eigenvalue weighted by Crippen LogP contribution is 2.42. The first-order valence-corrected chi connectivity index (χ1v) is 8.92. The van der Waals surface area contributed by atoms with Crippen LogP contribution in [0.25, 0.3) is 5.76 Å². The average molecular weight is 359 g/mol. The van der Waals surface area contributed by atoms with Gasteiger partial charge < -0.3 is 10.0 Å². The largest absolute Gasteiger partial charge is 0.507 e. The van der Waals surface area contributed by atoms with Gasteiger partial charge in [-0.25, -0.2) is 4.39 Å². The molecule has 1 amide bonds. The molecule has 1 aliphatic heterocycles. The first kappa shape index (κ1) is 17.4. The van der Waals surface area contributed by atoms with Gasteiger partial charge in [-0.1, -0.05) is 6.92 Å². The lowest BCUT2D eigenvalue weighted by Gasteiger charge is -2.24. The third-order valence-electron chi connectivity index (χ3n) is 4.27. The molecule has 6 heteroatoms. The molecule has 1 atom stereocenters. The van der Waals surface area contributed by atoms with E-state index in [1.165, 1.54) is 40.5 Å². The number of Topliss-reactive ketones (excluding diaryl/α,β-unsaturated/α-hetero) is 1. The number of ketones is 1. The number of benzene rings is 1. The first-order chi connectivity index (χ1) is 12.0. The molecule has 0 radical (unpaired) electrons. The third kappa shape index (κ3) is 2.98. The number of halogens is 1. The number of amides is 1. The lowest BCUT2D eigenvalue weighted by atomic mass is 9.98. The van der Waals surface area contributed by atoms with E-state index in [2.05, 4.69) is 0 Å². The summed E-state index contributed by atoms with van der Waals surface area (Å²) in [5.74, 6) is -2.01. The van der Waals surface area contributed by atoms with Crippen molar-refractivity contribution in [3.8, 4) is 0 Å². The van der Waals surface area contributed by atoms with Crippen molar-refractivity contribution >= 4 is 28.8 Å². The van der Waals surface area contributed by atoms with Gasteiger partial charge in [0.2, 0.25) is 0 Å². The SMILES string of the molecule is CCCN1C(=O)C(=O)/C(=C(\O)c2ccc(F)cc2)C1c1sccc1C. The second-order valence-corrected chi connectivity index (χ2v) is 6.91. The van der Waals surface area contributed by atoms with Crippen LogP contribution in [-0.2, 0) is 9.59 Å². The van der Waals surface area contributed by atoms with Gasteiger partial charge in [0, 0.05) is 17.0 Å². The summed E-state index contributed by atoms with van der Waals surface area (Å²) in [6, 6.07) is 6.53. The van der Waals surface area contributed by atoms with Crippen molar-refractivity contribution in [3.63, 3.8) is 0 Å². The fourth-order valence-electron chi connectivity index (χ4n) is 3.05. The van der Waals surface area contributed by atoms with E-state index in [9.17, 15) is 19.1 Å². The van der Waals surface area contributed by atoms with Crippen LogP contribution in [0, 0.1) is 12.7 Å². The summed E-state index contributed by atoms with van der Waals surface area (Å²) in [7, 11) is 0. The number of likely N-dealkylation sites (tertiary alicyclic amines) is 1. The standard InChI is InChI=1S/C19H18FNO3S/c1-3-9-21-15(18-11(2)8-10-25-18)14(17(23)19(21)24)16(22)12-4-6-13(20)7-5-12/h4-8,10,15,22H,3,9H2,1-2H3/b16-14-. The second-order valence-electron chi connectivity index (χ2n) is 5.97. The molecule has 1 aromatic heterocycles. The number of thiophene rings is 1. The van der Waals surface area contributed by atoms with Crippen molar-refractivity contribution < 1.29 is 19.1 Å². The Labute approximate surface area is 149 Å². The van der Waals surface area contributed by atoms with Crippen molar-refractivity contribution in [2.24, 2.45) is 0 Å². The van der Waals surface area contributed by atoms with E-state index >= 15 is 0 Å². The predicted molar refractivity (Wildman–Crippen MR) is 94.8 cm³/mol.